The maximum Gasteiger partial charge on any atom is 0.302 e. The Bertz CT molecular complexity index is 1300. The van der Waals surface area contributed by atoms with Gasteiger partial charge in [0.15, 0.2) is 0 Å². The zero-order valence-corrected chi connectivity index (χ0v) is 20.4. The molecule has 35 heavy (non-hydrogen) atoms. The monoisotopic (exact) mass is 470 g/mol. The summed E-state index contributed by atoms with van der Waals surface area (Å²) in [5.41, 5.74) is 7.40. The van der Waals surface area contributed by atoms with E-state index in [9.17, 15) is 9.59 Å². The third-order valence-electron chi connectivity index (χ3n) is 6.85. The first-order valence-electron chi connectivity index (χ1n) is 12.1. The van der Waals surface area contributed by atoms with E-state index in [-0.39, 0.29) is 18.5 Å². The zero-order chi connectivity index (χ0) is 24.5. The first-order chi connectivity index (χ1) is 17.0. The van der Waals surface area contributed by atoms with E-state index in [0.717, 1.165) is 45.6 Å². The maximum absolute atomic E-state index is 13.7. The van der Waals surface area contributed by atoms with Gasteiger partial charge in [-0.3, -0.25) is 9.59 Å². The van der Waals surface area contributed by atoms with E-state index in [1.54, 1.807) is 6.20 Å². The molecule has 2 aliphatic rings. The topological polar surface area (TPSA) is 83.6 Å². The number of anilines is 3. The summed E-state index contributed by atoms with van der Waals surface area (Å²) >= 11 is 0. The third kappa shape index (κ3) is 4.34. The molecule has 5 rings (SSSR count). The highest BCUT2D eigenvalue weighted by Crippen LogP contribution is 2.42. The number of nitrogens with zero attached hydrogens (tertiary/aromatic N) is 2. The van der Waals surface area contributed by atoms with Gasteiger partial charge >= 0.3 is 5.97 Å². The lowest BCUT2D eigenvalue weighted by Crippen LogP contribution is -2.38. The third-order valence-corrected chi connectivity index (χ3v) is 6.85. The van der Waals surface area contributed by atoms with E-state index in [0.29, 0.717) is 18.3 Å². The molecule has 7 heteroatoms. The number of benzene rings is 2. The second kappa shape index (κ2) is 9.41. The molecule has 0 radical (unpaired) electrons. The Kier molecular flexibility index (Phi) is 6.16. The normalized spacial score (nSPS) is 14.9. The first-order valence-corrected chi connectivity index (χ1v) is 12.1. The average molecular weight is 471 g/mol. The standard InChI is InChI=1S/C28H30N4O3/c1-17(33)35-16-24-22(23-11-13-31-27(30-3)26(23)29-2)5-4-6-25(24)32-14-12-20-15-19(18-7-8-18)9-10-21(20)28(32)34/h4-6,9-11,13,15,18,29H,7-8,12,14,16H2,1-3H3,(H,30,31). The molecule has 180 valence electrons. The van der Waals surface area contributed by atoms with Crippen LogP contribution in [0.25, 0.3) is 11.1 Å². The number of pyridine rings is 1. The van der Waals surface area contributed by atoms with Crippen molar-refractivity contribution in [3.05, 3.63) is 70.9 Å². The number of carbonyl (C=O) groups is 2. The summed E-state index contributed by atoms with van der Waals surface area (Å²) < 4.78 is 5.48. The number of hydrogen-bond donors (Lipinski definition) is 2. The highest BCUT2D eigenvalue weighted by molar-refractivity contribution is 6.09. The number of hydrogen-bond acceptors (Lipinski definition) is 6. The minimum atomic E-state index is -0.367. The Morgan fingerprint density at radius 1 is 1.09 bits per heavy atom. The Hall–Kier alpha value is -3.87. The van der Waals surface area contributed by atoms with Gasteiger partial charge in [-0.25, -0.2) is 4.98 Å². The molecule has 1 saturated carbocycles. The number of nitrogens with one attached hydrogen (secondary N) is 2. The van der Waals surface area contributed by atoms with Gasteiger partial charge in [0.05, 0.1) is 11.4 Å². The molecule has 0 spiro atoms. The van der Waals surface area contributed by atoms with Crippen molar-refractivity contribution >= 4 is 29.1 Å². The van der Waals surface area contributed by atoms with E-state index in [2.05, 4.69) is 27.8 Å². The van der Waals surface area contributed by atoms with Crippen molar-refractivity contribution in [2.75, 3.05) is 36.2 Å². The zero-order valence-electron chi connectivity index (χ0n) is 20.4. The lowest BCUT2D eigenvalue weighted by molar-refractivity contribution is -0.142. The van der Waals surface area contributed by atoms with Crippen molar-refractivity contribution in [2.45, 2.75) is 38.7 Å². The Labute approximate surface area is 205 Å². The molecule has 0 saturated heterocycles. The summed E-state index contributed by atoms with van der Waals surface area (Å²) in [6, 6.07) is 14.1. The molecule has 1 aliphatic heterocycles. The van der Waals surface area contributed by atoms with Gasteiger partial charge in [0.2, 0.25) is 0 Å². The molecule has 7 nitrogen and oxygen atoms in total. The number of rotatable bonds is 7. The highest BCUT2D eigenvalue weighted by Gasteiger charge is 2.31. The quantitative estimate of drug-likeness (QED) is 0.474. The van der Waals surface area contributed by atoms with Crippen molar-refractivity contribution < 1.29 is 14.3 Å². The molecule has 2 heterocycles. The van der Waals surface area contributed by atoms with Crippen LogP contribution in [0, 0.1) is 0 Å². The van der Waals surface area contributed by atoms with Crippen molar-refractivity contribution in [2.24, 2.45) is 0 Å². The molecule has 3 aromatic rings. The van der Waals surface area contributed by atoms with E-state index in [4.69, 9.17) is 4.74 Å². The first kappa shape index (κ1) is 22.9. The Morgan fingerprint density at radius 3 is 2.63 bits per heavy atom. The van der Waals surface area contributed by atoms with Crippen LogP contribution >= 0.6 is 0 Å². The van der Waals surface area contributed by atoms with Crippen LogP contribution in [0.15, 0.2) is 48.7 Å². The molecule has 0 unspecified atom stereocenters. The molecular weight excluding hydrogens is 440 g/mol. The fourth-order valence-corrected chi connectivity index (χ4v) is 4.94. The Balaban J connectivity index is 1.59. The fourth-order valence-electron chi connectivity index (χ4n) is 4.94. The van der Waals surface area contributed by atoms with Gasteiger partial charge in [0.25, 0.3) is 5.91 Å². The molecule has 1 amide bonds. The van der Waals surface area contributed by atoms with Gasteiger partial charge in [-0.2, -0.15) is 0 Å². The van der Waals surface area contributed by atoms with Gasteiger partial charge in [-0.15, -0.1) is 0 Å². The molecule has 2 aromatic carbocycles. The average Bonchev–Trinajstić information content (AvgIpc) is 3.72. The van der Waals surface area contributed by atoms with Crippen LogP contribution in [0.1, 0.15) is 52.7 Å². The SMILES string of the molecule is CNc1nccc(-c2cccc(N3CCc4cc(C5CC5)ccc4C3=O)c2COC(C)=O)c1NC. The number of esters is 1. The minimum absolute atomic E-state index is 0.0192. The highest BCUT2D eigenvalue weighted by atomic mass is 16.5. The second-order valence-electron chi connectivity index (χ2n) is 9.06. The summed E-state index contributed by atoms with van der Waals surface area (Å²) in [7, 11) is 3.67. The van der Waals surface area contributed by atoms with Crippen LogP contribution < -0.4 is 15.5 Å². The van der Waals surface area contributed by atoms with Crippen LogP contribution in [0.4, 0.5) is 17.2 Å². The van der Waals surface area contributed by atoms with Gasteiger partial charge in [0, 0.05) is 50.5 Å². The minimum Gasteiger partial charge on any atom is -0.461 e. The molecule has 0 bridgehead atoms. The molecule has 1 aliphatic carbocycles. The summed E-state index contributed by atoms with van der Waals surface area (Å²) in [4.78, 5) is 31.7. The van der Waals surface area contributed by atoms with E-state index < -0.39 is 0 Å². The Morgan fingerprint density at radius 2 is 1.91 bits per heavy atom. The number of carbonyl (C=O) groups excluding carboxylic acids is 2. The van der Waals surface area contributed by atoms with Crippen molar-refractivity contribution in [1.82, 2.24) is 4.98 Å². The summed E-state index contributed by atoms with van der Waals surface area (Å²) in [5.74, 6) is 0.982. The predicted molar refractivity (Wildman–Crippen MR) is 138 cm³/mol. The summed E-state index contributed by atoms with van der Waals surface area (Å²) in [5, 5.41) is 6.35. The van der Waals surface area contributed by atoms with E-state index in [1.807, 2.05) is 49.3 Å². The lowest BCUT2D eigenvalue weighted by atomic mass is 9.93. The van der Waals surface area contributed by atoms with Crippen LogP contribution in [-0.4, -0.2) is 37.5 Å². The largest absolute Gasteiger partial charge is 0.461 e. The second-order valence-corrected chi connectivity index (χ2v) is 9.06. The number of ether oxygens (including phenoxy) is 1. The molecule has 1 fully saturated rings. The van der Waals surface area contributed by atoms with E-state index >= 15 is 0 Å². The van der Waals surface area contributed by atoms with Crippen molar-refractivity contribution in [3.8, 4) is 11.1 Å². The van der Waals surface area contributed by atoms with Crippen LogP contribution in [-0.2, 0) is 22.6 Å². The number of aromatic nitrogens is 1. The van der Waals surface area contributed by atoms with Crippen LogP contribution in [0.5, 0.6) is 0 Å². The van der Waals surface area contributed by atoms with Gasteiger partial charge < -0.3 is 20.3 Å². The van der Waals surface area contributed by atoms with Gasteiger partial charge in [-0.05, 0) is 60.1 Å². The van der Waals surface area contributed by atoms with E-state index in [1.165, 1.54) is 25.3 Å². The molecule has 0 atom stereocenters. The summed E-state index contributed by atoms with van der Waals surface area (Å²) in [6.45, 7) is 2.04. The molecule has 1 aromatic heterocycles. The fraction of sp³-hybridized carbons (Fsp3) is 0.321. The smallest absolute Gasteiger partial charge is 0.302 e. The van der Waals surface area contributed by atoms with Crippen molar-refractivity contribution in [3.63, 3.8) is 0 Å². The van der Waals surface area contributed by atoms with Gasteiger partial charge in [0.1, 0.15) is 12.4 Å². The van der Waals surface area contributed by atoms with Crippen molar-refractivity contribution in [1.29, 1.82) is 0 Å². The molecule has 2 N–H and O–H groups in total. The molecular formula is C28H30N4O3. The number of amides is 1. The summed E-state index contributed by atoms with van der Waals surface area (Å²) in [6.07, 6.45) is 5.01. The number of fused-ring (bicyclic) bond motifs is 1. The maximum atomic E-state index is 13.7. The lowest BCUT2D eigenvalue weighted by Gasteiger charge is -2.31. The van der Waals surface area contributed by atoms with Gasteiger partial charge in [-0.1, -0.05) is 24.3 Å². The predicted octanol–water partition coefficient (Wildman–Crippen LogP) is 4.98. The van der Waals surface area contributed by atoms with Crippen LogP contribution in [0.3, 0.4) is 0 Å². The van der Waals surface area contributed by atoms with Crippen LogP contribution in [0.2, 0.25) is 0 Å².